The lowest BCUT2D eigenvalue weighted by Gasteiger charge is -2.11. The number of nitrogens with zero attached hydrogens (tertiary/aromatic N) is 3. The molecule has 0 amide bonds. The summed E-state index contributed by atoms with van der Waals surface area (Å²) in [6.07, 6.45) is 2.98. The zero-order valence-corrected chi connectivity index (χ0v) is 12.1. The van der Waals surface area contributed by atoms with Crippen LogP contribution in [0.3, 0.4) is 0 Å². The van der Waals surface area contributed by atoms with E-state index in [2.05, 4.69) is 19.7 Å². The van der Waals surface area contributed by atoms with Crippen molar-refractivity contribution in [3.05, 3.63) is 30.2 Å². The molecule has 0 fully saturated rings. The maximum Gasteiger partial charge on any atom is 0.264 e. The zero-order valence-electron chi connectivity index (χ0n) is 11.3. The van der Waals surface area contributed by atoms with Crippen LogP contribution < -0.4 is 15.1 Å². The molecule has 0 radical (unpaired) electrons. The van der Waals surface area contributed by atoms with Crippen LogP contribution in [0, 0.1) is 6.92 Å². The molecule has 0 saturated heterocycles. The number of rotatable bonds is 4. The summed E-state index contributed by atoms with van der Waals surface area (Å²) in [7, 11) is -0.767. The number of hydrogen-bond acceptors (Lipinski definition) is 6. The van der Waals surface area contributed by atoms with Crippen molar-refractivity contribution in [2.75, 3.05) is 11.8 Å². The van der Waals surface area contributed by atoms with Crippen molar-refractivity contribution in [2.45, 2.75) is 11.8 Å². The minimum atomic E-state index is -3.78. The molecule has 0 saturated carbocycles. The fourth-order valence-corrected chi connectivity index (χ4v) is 2.81. The Balaban J connectivity index is 2.41. The van der Waals surface area contributed by atoms with Gasteiger partial charge in [0, 0.05) is 11.8 Å². The normalized spacial score (nSPS) is 11.1. The summed E-state index contributed by atoms with van der Waals surface area (Å²) >= 11 is 0. The van der Waals surface area contributed by atoms with Gasteiger partial charge in [0.1, 0.15) is 0 Å². The molecule has 0 aliphatic heterocycles. The Bertz CT molecular complexity index is 736. The molecule has 7 nitrogen and oxygen atoms in total. The van der Waals surface area contributed by atoms with Crippen molar-refractivity contribution >= 4 is 29.3 Å². The van der Waals surface area contributed by atoms with Crippen LogP contribution in [0.4, 0.5) is 5.82 Å². The molecule has 0 aliphatic rings. The maximum atomic E-state index is 12.3. The topological polar surface area (TPSA) is 94.1 Å². The molecular weight excluding hydrogens is 279 g/mol. The van der Waals surface area contributed by atoms with Gasteiger partial charge in [-0.25, -0.2) is 18.4 Å². The standard InChI is InChI=1S/C11H13BN4O3S/c1-7-6-14-10(11(15-7)19-2)16-20(17,18)8-4-3-5-13-9(8)12/h3-6H,12H2,1-2H3,(H,14,16). The Labute approximate surface area is 117 Å². The number of aromatic nitrogens is 3. The van der Waals surface area contributed by atoms with Crippen molar-refractivity contribution in [3.8, 4) is 5.88 Å². The van der Waals surface area contributed by atoms with E-state index < -0.39 is 10.0 Å². The Kier molecular flexibility index (Phi) is 3.89. The molecule has 0 aromatic carbocycles. The third-order valence-corrected chi connectivity index (χ3v) is 4.01. The summed E-state index contributed by atoms with van der Waals surface area (Å²) in [5, 5.41) is 0. The van der Waals surface area contributed by atoms with Crippen LogP contribution >= 0.6 is 0 Å². The summed E-state index contributed by atoms with van der Waals surface area (Å²) in [4.78, 5) is 12.1. The van der Waals surface area contributed by atoms with E-state index in [4.69, 9.17) is 4.74 Å². The van der Waals surface area contributed by atoms with Crippen molar-refractivity contribution in [3.63, 3.8) is 0 Å². The molecule has 0 aliphatic carbocycles. The molecular formula is C11H13BN4O3S. The van der Waals surface area contributed by atoms with Gasteiger partial charge in [-0.05, 0) is 19.1 Å². The first kappa shape index (κ1) is 14.3. The van der Waals surface area contributed by atoms with E-state index in [1.807, 2.05) is 0 Å². The predicted molar refractivity (Wildman–Crippen MR) is 76.5 cm³/mol. The molecule has 0 bridgehead atoms. The van der Waals surface area contributed by atoms with E-state index in [1.165, 1.54) is 25.6 Å². The second kappa shape index (κ2) is 5.45. The monoisotopic (exact) mass is 292 g/mol. The molecule has 9 heteroatoms. The summed E-state index contributed by atoms with van der Waals surface area (Å²) in [5.74, 6) is 0.163. The number of pyridine rings is 1. The fourth-order valence-electron chi connectivity index (χ4n) is 1.60. The van der Waals surface area contributed by atoms with E-state index in [0.717, 1.165) is 0 Å². The quantitative estimate of drug-likeness (QED) is 0.745. The second-order valence-electron chi connectivity index (χ2n) is 4.06. The highest BCUT2D eigenvalue weighted by molar-refractivity contribution is 7.93. The van der Waals surface area contributed by atoms with Crippen LogP contribution in [0.25, 0.3) is 0 Å². The fraction of sp³-hybridized carbons (Fsp3) is 0.182. The molecule has 1 N–H and O–H groups in total. The van der Waals surface area contributed by atoms with Gasteiger partial charge < -0.3 is 4.74 Å². The van der Waals surface area contributed by atoms with Gasteiger partial charge in [0.15, 0.2) is 7.85 Å². The molecule has 20 heavy (non-hydrogen) atoms. The van der Waals surface area contributed by atoms with Gasteiger partial charge in [-0.15, -0.1) is 0 Å². The number of ether oxygens (including phenoxy) is 1. The predicted octanol–water partition coefficient (Wildman–Crippen LogP) is -0.752. The average molecular weight is 292 g/mol. The van der Waals surface area contributed by atoms with Gasteiger partial charge >= 0.3 is 0 Å². The lowest BCUT2D eigenvalue weighted by molar-refractivity contribution is 0.397. The Hall–Kier alpha value is -2.16. The summed E-state index contributed by atoms with van der Waals surface area (Å²) in [5.41, 5.74) is 1.03. The van der Waals surface area contributed by atoms with Crippen LogP contribution in [-0.2, 0) is 10.0 Å². The number of anilines is 1. The van der Waals surface area contributed by atoms with E-state index >= 15 is 0 Å². The molecule has 0 spiro atoms. The molecule has 2 heterocycles. The maximum absolute atomic E-state index is 12.3. The molecule has 2 aromatic heterocycles. The van der Waals surface area contributed by atoms with Crippen LogP contribution in [-0.4, -0.2) is 38.3 Å². The van der Waals surface area contributed by atoms with Crippen molar-refractivity contribution in [2.24, 2.45) is 0 Å². The molecule has 0 unspecified atom stereocenters. The number of methoxy groups -OCH3 is 1. The van der Waals surface area contributed by atoms with Crippen LogP contribution in [0.1, 0.15) is 5.69 Å². The molecule has 2 rings (SSSR count). The number of nitrogens with one attached hydrogen (secondary N) is 1. The van der Waals surface area contributed by atoms with Crippen LogP contribution in [0.5, 0.6) is 5.88 Å². The van der Waals surface area contributed by atoms with E-state index in [0.29, 0.717) is 11.3 Å². The minimum absolute atomic E-state index is 0.0429. The van der Waals surface area contributed by atoms with Gasteiger partial charge in [-0.3, -0.25) is 9.71 Å². The highest BCUT2D eigenvalue weighted by Gasteiger charge is 2.20. The highest BCUT2D eigenvalue weighted by atomic mass is 32.2. The number of hydrogen-bond donors (Lipinski definition) is 1. The van der Waals surface area contributed by atoms with E-state index in [9.17, 15) is 8.42 Å². The average Bonchev–Trinajstić information content (AvgIpc) is 2.41. The highest BCUT2D eigenvalue weighted by Crippen LogP contribution is 2.21. The Morgan fingerprint density at radius 1 is 1.35 bits per heavy atom. The minimum Gasteiger partial charge on any atom is -0.478 e. The third-order valence-electron chi connectivity index (χ3n) is 2.53. The first-order chi connectivity index (χ1) is 9.44. The SMILES string of the molecule is Bc1ncccc1S(=O)(=O)Nc1ncc(C)nc1OC. The van der Waals surface area contributed by atoms with Crippen molar-refractivity contribution < 1.29 is 13.2 Å². The largest absolute Gasteiger partial charge is 0.478 e. The summed E-state index contributed by atoms with van der Waals surface area (Å²) in [6.45, 7) is 1.74. The second-order valence-corrected chi connectivity index (χ2v) is 5.71. The van der Waals surface area contributed by atoms with Crippen LogP contribution in [0.2, 0.25) is 0 Å². The van der Waals surface area contributed by atoms with E-state index in [1.54, 1.807) is 20.8 Å². The first-order valence-electron chi connectivity index (χ1n) is 5.76. The summed E-state index contributed by atoms with van der Waals surface area (Å²) in [6, 6.07) is 3.03. The van der Waals surface area contributed by atoms with Gasteiger partial charge in [0.25, 0.3) is 15.9 Å². The third kappa shape index (κ3) is 2.88. The lowest BCUT2D eigenvalue weighted by atomic mass is 10.0. The van der Waals surface area contributed by atoms with Crippen molar-refractivity contribution in [1.82, 2.24) is 15.0 Å². The molecule has 104 valence electrons. The zero-order chi connectivity index (χ0) is 14.8. The van der Waals surface area contributed by atoms with Gasteiger partial charge in [-0.1, -0.05) is 0 Å². The van der Waals surface area contributed by atoms with E-state index in [-0.39, 0.29) is 16.6 Å². The number of sulfonamides is 1. The van der Waals surface area contributed by atoms with Crippen LogP contribution in [0.15, 0.2) is 29.4 Å². The summed E-state index contributed by atoms with van der Waals surface area (Å²) < 4.78 is 32.0. The van der Waals surface area contributed by atoms with Gasteiger partial charge in [0.2, 0.25) is 5.82 Å². The van der Waals surface area contributed by atoms with Gasteiger partial charge in [-0.2, -0.15) is 0 Å². The Morgan fingerprint density at radius 2 is 2.10 bits per heavy atom. The Morgan fingerprint density at radius 3 is 2.75 bits per heavy atom. The first-order valence-corrected chi connectivity index (χ1v) is 7.24. The number of aryl methyl sites for hydroxylation is 1. The lowest BCUT2D eigenvalue weighted by Crippen LogP contribution is -2.24. The van der Waals surface area contributed by atoms with Crippen molar-refractivity contribution in [1.29, 1.82) is 0 Å². The van der Waals surface area contributed by atoms with Gasteiger partial charge in [0.05, 0.1) is 23.9 Å². The molecule has 2 aromatic rings. The molecule has 0 atom stereocenters. The smallest absolute Gasteiger partial charge is 0.264 e.